The summed E-state index contributed by atoms with van der Waals surface area (Å²) in [6.07, 6.45) is -3.52. The second kappa shape index (κ2) is 8.55. The van der Waals surface area contributed by atoms with E-state index < -0.39 is 12.7 Å². The molecule has 1 aromatic carbocycles. The molecule has 2 aliphatic heterocycles. The molecule has 150 valence electrons. The molecule has 0 amide bonds. The molecular weight excluding hydrogens is 365 g/mol. The molecule has 1 aromatic rings. The molecular formula is C17H23F3N4O3. The number of halogens is 3. The fourth-order valence-corrected chi connectivity index (χ4v) is 3.04. The molecule has 0 aliphatic carbocycles. The number of hydrogen-bond donors (Lipinski definition) is 2. The van der Waals surface area contributed by atoms with Crippen LogP contribution in [0.25, 0.3) is 0 Å². The minimum atomic E-state index is -4.17. The summed E-state index contributed by atoms with van der Waals surface area (Å²) in [6.45, 7) is 0.984. The lowest BCUT2D eigenvalue weighted by atomic mass is 10.3. The third kappa shape index (κ3) is 5.81. The van der Waals surface area contributed by atoms with Crippen LogP contribution >= 0.6 is 0 Å². The molecule has 10 heteroatoms. The number of nitrogens with one attached hydrogen (secondary N) is 2. The number of rotatable bonds is 6. The number of hydrogen-bond acceptors (Lipinski definition) is 5. The number of alkyl halides is 3. The molecule has 1 saturated heterocycles. The van der Waals surface area contributed by atoms with Crippen LogP contribution in [-0.4, -0.2) is 69.7 Å². The maximum atomic E-state index is 12.5. The highest BCUT2D eigenvalue weighted by atomic mass is 19.4. The number of benzene rings is 1. The molecule has 0 radical (unpaired) electrons. The van der Waals surface area contributed by atoms with Crippen LogP contribution in [0.5, 0.6) is 17.2 Å². The van der Waals surface area contributed by atoms with Crippen molar-refractivity contribution in [3.63, 3.8) is 0 Å². The number of nitrogens with zero attached hydrogens (tertiary/aromatic N) is 2. The van der Waals surface area contributed by atoms with Gasteiger partial charge in [-0.2, -0.15) is 13.2 Å². The van der Waals surface area contributed by atoms with Gasteiger partial charge in [-0.25, -0.2) is 0 Å². The number of aliphatic imine (C=N–C) groups is 1. The van der Waals surface area contributed by atoms with Crippen LogP contribution in [0.1, 0.15) is 6.42 Å². The molecule has 27 heavy (non-hydrogen) atoms. The van der Waals surface area contributed by atoms with Crippen LogP contribution in [-0.2, 0) is 0 Å². The van der Waals surface area contributed by atoms with Crippen molar-refractivity contribution in [1.29, 1.82) is 0 Å². The van der Waals surface area contributed by atoms with E-state index in [4.69, 9.17) is 14.2 Å². The molecule has 0 bridgehead atoms. The number of ether oxygens (including phenoxy) is 3. The van der Waals surface area contributed by atoms with E-state index in [2.05, 4.69) is 15.6 Å². The van der Waals surface area contributed by atoms with E-state index in [0.717, 1.165) is 0 Å². The van der Waals surface area contributed by atoms with Crippen LogP contribution in [0.4, 0.5) is 13.2 Å². The Morgan fingerprint density at radius 1 is 1.33 bits per heavy atom. The second-order valence-electron chi connectivity index (χ2n) is 6.34. The smallest absolute Gasteiger partial charge is 0.401 e. The minimum absolute atomic E-state index is 0.0617. The standard InChI is InChI=1S/C17H23F3N4O3/c1-21-16(23-12-4-6-24(9-12)10-17(18,19)20)22-5-7-25-13-2-3-14-15(8-13)27-11-26-14/h2-3,8,12H,4-7,9-11H2,1H3,(H2,21,22,23). The predicted molar refractivity (Wildman–Crippen MR) is 93.5 cm³/mol. The van der Waals surface area contributed by atoms with Crippen LogP contribution in [0, 0.1) is 0 Å². The molecule has 3 rings (SSSR count). The highest BCUT2D eigenvalue weighted by Gasteiger charge is 2.34. The lowest BCUT2D eigenvalue weighted by Crippen LogP contribution is -2.46. The van der Waals surface area contributed by atoms with Crippen LogP contribution < -0.4 is 24.8 Å². The molecule has 2 N–H and O–H groups in total. The third-order valence-corrected chi connectivity index (χ3v) is 4.25. The average Bonchev–Trinajstić information content (AvgIpc) is 3.24. The molecule has 0 aromatic heterocycles. The Bertz CT molecular complexity index is 669. The van der Waals surface area contributed by atoms with E-state index in [0.29, 0.717) is 55.9 Å². The molecule has 2 heterocycles. The van der Waals surface area contributed by atoms with E-state index in [9.17, 15) is 13.2 Å². The van der Waals surface area contributed by atoms with Gasteiger partial charge in [0.2, 0.25) is 6.79 Å². The van der Waals surface area contributed by atoms with Gasteiger partial charge >= 0.3 is 6.18 Å². The van der Waals surface area contributed by atoms with E-state index >= 15 is 0 Å². The average molecular weight is 388 g/mol. The van der Waals surface area contributed by atoms with E-state index in [1.54, 1.807) is 25.2 Å². The van der Waals surface area contributed by atoms with Gasteiger partial charge in [-0.1, -0.05) is 0 Å². The molecule has 7 nitrogen and oxygen atoms in total. The lowest BCUT2D eigenvalue weighted by molar-refractivity contribution is -0.143. The van der Waals surface area contributed by atoms with E-state index in [1.807, 2.05) is 0 Å². The zero-order valence-electron chi connectivity index (χ0n) is 15.0. The first kappa shape index (κ1) is 19.4. The lowest BCUT2D eigenvalue weighted by Gasteiger charge is -2.19. The van der Waals surface area contributed by atoms with Crippen molar-refractivity contribution in [3.8, 4) is 17.2 Å². The first-order valence-corrected chi connectivity index (χ1v) is 8.72. The van der Waals surface area contributed by atoms with Crippen LogP contribution in [0.2, 0.25) is 0 Å². The Kier molecular flexibility index (Phi) is 6.15. The Morgan fingerprint density at radius 2 is 2.15 bits per heavy atom. The molecule has 0 spiro atoms. The van der Waals surface area contributed by atoms with Crippen molar-refractivity contribution in [1.82, 2.24) is 15.5 Å². The number of fused-ring (bicyclic) bond motifs is 1. The third-order valence-electron chi connectivity index (χ3n) is 4.25. The Labute approximate surface area is 155 Å². The van der Waals surface area contributed by atoms with Gasteiger partial charge in [-0.15, -0.1) is 0 Å². The summed E-state index contributed by atoms with van der Waals surface area (Å²) < 4.78 is 53.6. The van der Waals surface area contributed by atoms with Crippen molar-refractivity contribution in [2.45, 2.75) is 18.6 Å². The summed E-state index contributed by atoms with van der Waals surface area (Å²) in [7, 11) is 1.62. The number of guanidine groups is 1. The van der Waals surface area contributed by atoms with Crippen LogP contribution in [0.3, 0.4) is 0 Å². The van der Waals surface area contributed by atoms with Gasteiger partial charge in [0.25, 0.3) is 0 Å². The largest absolute Gasteiger partial charge is 0.492 e. The molecule has 1 atom stereocenters. The second-order valence-corrected chi connectivity index (χ2v) is 6.34. The van der Waals surface area contributed by atoms with Crippen molar-refractivity contribution < 1.29 is 27.4 Å². The highest BCUT2D eigenvalue weighted by Crippen LogP contribution is 2.34. The topological polar surface area (TPSA) is 67.4 Å². The first-order valence-electron chi connectivity index (χ1n) is 8.72. The van der Waals surface area contributed by atoms with Gasteiger partial charge in [0.05, 0.1) is 13.1 Å². The van der Waals surface area contributed by atoms with E-state index in [-0.39, 0.29) is 12.8 Å². The molecule has 2 aliphatic rings. The van der Waals surface area contributed by atoms with Gasteiger partial charge in [0, 0.05) is 32.2 Å². The van der Waals surface area contributed by atoms with Gasteiger partial charge in [0.15, 0.2) is 17.5 Å². The Hall–Kier alpha value is -2.36. The Balaban J connectivity index is 1.36. The highest BCUT2D eigenvalue weighted by molar-refractivity contribution is 5.80. The van der Waals surface area contributed by atoms with Gasteiger partial charge in [-0.3, -0.25) is 9.89 Å². The van der Waals surface area contributed by atoms with Gasteiger partial charge < -0.3 is 24.8 Å². The maximum Gasteiger partial charge on any atom is 0.401 e. The minimum Gasteiger partial charge on any atom is -0.492 e. The molecule has 1 fully saturated rings. The Morgan fingerprint density at radius 3 is 2.93 bits per heavy atom. The van der Waals surface area contributed by atoms with Crippen molar-refractivity contribution in [3.05, 3.63) is 18.2 Å². The summed E-state index contributed by atoms with van der Waals surface area (Å²) in [5.74, 6) is 2.56. The monoisotopic (exact) mass is 388 g/mol. The summed E-state index contributed by atoms with van der Waals surface area (Å²) in [5.41, 5.74) is 0. The summed E-state index contributed by atoms with van der Waals surface area (Å²) in [4.78, 5) is 5.50. The zero-order valence-corrected chi connectivity index (χ0v) is 15.0. The fraction of sp³-hybridized carbons (Fsp3) is 0.588. The predicted octanol–water partition coefficient (Wildman–Crippen LogP) is 1.60. The van der Waals surface area contributed by atoms with Crippen molar-refractivity contribution in [2.75, 3.05) is 46.6 Å². The number of likely N-dealkylation sites (tertiary alicyclic amines) is 1. The zero-order chi connectivity index (χ0) is 19.3. The summed E-state index contributed by atoms with van der Waals surface area (Å²) in [5, 5.41) is 6.25. The van der Waals surface area contributed by atoms with Crippen molar-refractivity contribution >= 4 is 5.96 Å². The van der Waals surface area contributed by atoms with Gasteiger partial charge in [0.1, 0.15) is 12.4 Å². The van der Waals surface area contributed by atoms with Crippen LogP contribution in [0.15, 0.2) is 23.2 Å². The maximum absolute atomic E-state index is 12.5. The summed E-state index contributed by atoms with van der Waals surface area (Å²) >= 11 is 0. The fourth-order valence-electron chi connectivity index (χ4n) is 3.04. The molecule has 1 unspecified atom stereocenters. The summed E-state index contributed by atoms with van der Waals surface area (Å²) in [6, 6.07) is 5.30. The molecule has 0 saturated carbocycles. The first-order chi connectivity index (χ1) is 12.9. The quantitative estimate of drug-likeness (QED) is 0.438. The van der Waals surface area contributed by atoms with Gasteiger partial charge in [-0.05, 0) is 18.6 Å². The normalized spacial score (nSPS) is 20.0. The van der Waals surface area contributed by atoms with Crippen molar-refractivity contribution in [2.24, 2.45) is 4.99 Å². The van der Waals surface area contributed by atoms with E-state index in [1.165, 1.54) is 4.90 Å². The SMILES string of the molecule is CN=C(NCCOc1ccc2c(c1)OCO2)NC1CCN(CC(F)(F)F)C1.